The van der Waals surface area contributed by atoms with Crippen LogP contribution in [0.3, 0.4) is 0 Å². The van der Waals surface area contributed by atoms with Crippen LogP contribution in [0.4, 0.5) is 5.69 Å². The number of rotatable bonds is 5. The Balaban J connectivity index is 1.54. The molecule has 4 rings (SSSR count). The van der Waals surface area contributed by atoms with E-state index in [1.165, 1.54) is 5.56 Å². The summed E-state index contributed by atoms with van der Waals surface area (Å²) in [4.78, 5) is 21.9. The van der Waals surface area contributed by atoms with E-state index in [0.717, 1.165) is 22.0 Å². The summed E-state index contributed by atoms with van der Waals surface area (Å²) >= 11 is 3.37. The number of para-hydroxylation sites is 1. The number of nitrogens with one attached hydrogen (secondary N) is 1. The van der Waals surface area contributed by atoms with Gasteiger partial charge < -0.3 is 5.32 Å². The van der Waals surface area contributed by atoms with Crippen LogP contribution in [0.2, 0.25) is 0 Å². The maximum absolute atomic E-state index is 12.6. The van der Waals surface area contributed by atoms with E-state index >= 15 is 0 Å². The number of thioether (sulfide) groups is 1. The Kier molecular flexibility index (Phi) is 4.68. The van der Waals surface area contributed by atoms with Crippen molar-refractivity contribution in [2.45, 2.75) is 17.6 Å². The highest BCUT2D eigenvalue weighted by Crippen LogP contribution is 2.30. The molecule has 0 saturated heterocycles. The van der Waals surface area contributed by atoms with Gasteiger partial charge in [-0.3, -0.25) is 4.79 Å². The van der Waals surface area contributed by atoms with Gasteiger partial charge in [0.25, 0.3) is 11.7 Å². The zero-order valence-electron chi connectivity index (χ0n) is 13.9. The molecule has 1 N–H and O–H groups in total. The summed E-state index contributed by atoms with van der Waals surface area (Å²) in [6.07, 6.45) is 1.65. The second-order valence-corrected chi connectivity index (χ2v) is 7.40. The van der Waals surface area contributed by atoms with Crippen LogP contribution in [0.25, 0.3) is 5.78 Å². The average Bonchev–Trinajstić information content (AvgIpc) is 3.31. The first-order valence-electron chi connectivity index (χ1n) is 7.93. The van der Waals surface area contributed by atoms with Crippen LogP contribution in [-0.4, -0.2) is 25.5 Å². The van der Waals surface area contributed by atoms with Gasteiger partial charge in [0, 0.05) is 22.5 Å². The van der Waals surface area contributed by atoms with Crippen molar-refractivity contribution in [3.05, 3.63) is 70.4 Å². The number of aromatic nitrogens is 4. The fraction of sp³-hybridized carbons (Fsp3) is 0.111. The number of anilines is 1. The van der Waals surface area contributed by atoms with Crippen LogP contribution in [-0.2, 0) is 5.75 Å². The number of carbonyl (C=O) groups is 1. The smallest absolute Gasteiger partial charge is 0.295 e. The van der Waals surface area contributed by atoms with Gasteiger partial charge in [0.1, 0.15) is 0 Å². The molecule has 3 heterocycles. The van der Waals surface area contributed by atoms with E-state index in [9.17, 15) is 4.79 Å². The van der Waals surface area contributed by atoms with Crippen molar-refractivity contribution < 1.29 is 4.79 Å². The molecule has 1 aromatic carbocycles. The van der Waals surface area contributed by atoms with Crippen LogP contribution in [0.15, 0.2) is 58.3 Å². The van der Waals surface area contributed by atoms with Crippen molar-refractivity contribution >= 4 is 40.5 Å². The van der Waals surface area contributed by atoms with E-state index < -0.39 is 0 Å². The van der Waals surface area contributed by atoms with Crippen LogP contribution in [0.5, 0.6) is 0 Å². The summed E-state index contributed by atoms with van der Waals surface area (Å²) in [5.74, 6) is 1.02. The second-order valence-electron chi connectivity index (χ2n) is 5.60. The number of nitrogens with zero attached hydrogens (tertiary/aromatic N) is 4. The Morgan fingerprint density at radius 1 is 1.27 bits per heavy atom. The molecule has 8 heteroatoms. The van der Waals surface area contributed by atoms with E-state index in [1.807, 2.05) is 37.3 Å². The lowest BCUT2D eigenvalue weighted by Gasteiger charge is -2.09. The maximum atomic E-state index is 12.6. The molecule has 0 aliphatic rings. The molecule has 0 aliphatic carbocycles. The monoisotopic (exact) mass is 381 g/mol. The van der Waals surface area contributed by atoms with E-state index in [4.69, 9.17) is 0 Å². The minimum Gasteiger partial charge on any atom is -0.318 e. The highest BCUT2D eigenvalue weighted by Gasteiger charge is 2.16. The van der Waals surface area contributed by atoms with Gasteiger partial charge in [-0.2, -0.15) is 16.3 Å². The SMILES string of the molecule is Cc1ccnc2nc(C(=O)Nc3ccccc3SCc3ccsc3)nn12. The predicted octanol–water partition coefficient (Wildman–Crippen LogP) is 4.04. The van der Waals surface area contributed by atoms with Crippen molar-refractivity contribution in [2.24, 2.45) is 0 Å². The lowest BCUT2D eigenvalue weighted by Crippen LogP contribution is -2.14. The van der Waals surface area contributed by atoms with Gasteiger partial charge in [0.2, 0.25) is 5.82 Å². The zero-order chi connectivity index (χ0) is 17.9. The number of hydrogen-bond donors (Lipinski definition) is 1. The van der Waals surface area contributed by atoms with Gasteiger partial charge in [-0.15, -0.1) is 16.9 Å². The number of thiophene rings is 1. The fourth-order valence-corrected chi connectivity index (χ4v) is 4.14. The highest BCUT2D eigenvalue weighted by atomic mass is 32.2. The van der Waals surface area contributed by atoms with Crippen molar-refractivity contribution in [3.8, 4) is 0 Å². The summed E-state index contributed by atoms with van der Waals surface area (Å²) < 4.78 is 1.56. The largest absolute Gasteiger partial charge is 0.318 e. The molecule has 130 valence electrons. The third-order valence-electron chi connectivity index (χ3n) is 3.74. The van der Waals surface area contributed by atoms with E-state index in [2.05, 4.69) is 37.2 Å². The Hall–Kier alpha value is -2.71. The Morgan fingerprint density at radius 2 is 2.15 bits per heavy atom. The quantitative estimate of drug-likeness (QED) is 0.528. The summed E-state index contributed by atoms with van der Waals surface area (Å²) in [6, 6.07) is 11.7. The summed E-state index contributed by atoms with van der Waals surface area (Å²) in [5, 5.41) is 11.4. The van der Waals surface area contributed by atoms with Crippen LogP contribution in [0.1, 0.15) is 21.9 Å². The number of aryl methyl sites for hydroxylation is 1. The molecule has 0 atom stereocenters. The first kappa shape index (κ1) is 16.7. The zero-order valence-corrected chi connectivity index (χ0v) is 15.5. The number of benzene rings is 1. The molecule has 0 aliphatic heterocycles. The predicted molar refractivity (Wildman–Crippen MR) is 104 cm³/mol. The summed E-state index contributed by atoms with van der Waals surface area (Å²) in [5.41, 5.74) is 2.89. The lowest BCUT2D eigenvalue weighted by molar-refractivity contribution is 0.101. The first-order chi connectivity index (χ1) is 12.7. The van der Waals surface area contributed by atoms with Crippen LogP contribution < -0.4 is 5.32 Å². The molecule has 26 heavy (non-hydrogen) atoms. The second kappa shape index (κ2) is 7.27. The van der Waals surface area contributed by atoms with Crippen LogP contribution in [0, 0.1) is 6.92 Å². The molecular formula is C18H15N5OS2. The van der Waals surface area contributed by atoms with Crippen molar-refractivity contribution in [1.82, 2.24) is 19.6 Å². The van der Waals surface area contributed by atoms with E-state index in [0.29, 0.717) is 5.78 Å². The highest BCUT2D eigenvalue weighted by molar-refractivity contribution is 7.98. The Labute approximate surface area is 158 Å². The minimum atomic E-state index is -0.349. The van der Waals surface area contributed by atoms with Gasteiger partial charge >= 0.3 is 0 Å². The molecule has 0 bridgehead atoms. The molecule has 3 aromatic heterocycles. The Morgan fingerprint density at radius 3 is 2.96 bits per heavy atom. The minimum absolute atomic E-state index is 0.101. The third-order valence-corrected chi connectivity index (χ3v) is 5.62. The van der Waals surface area contributed by atoms with Crippen LogP contribution >= 0.6 is 23.1 Å². The van der Waals surface area contributed by atoms with Gasteiger partial charge in [0.05, 0.1) is 5.69 Å². The summed E-state index contributed by atoms with van der Waals surface area (Å²) in [6.45, 7) is 1.89. The molecule has 0 unspecified atom stereocenters. The fourth-order valence-electron chi connectivity index (χ4n) is 2.41. The molecule has 0 saturated carbocycles. The number of amides is 1. The van der Waals surface area contributed by atoms with Gasteiger partial charge in [-0.05, 0) is 47.5 Å². The van der Waals surface area contributed by atoms with E-state index in [1.54, 1.807) is 33.8 Å². The summed E-state index contributed by atoms with van der Waals surface area (Å²) in [7, 11) is 0. The average molecular weight is 381 g/mol. The molecule has 0 radical (unpaired) electrons. The van der Waals surface area contributed by atoms with E-state index in [-0.39, 0.29) is 11.7 Å². The molecular weight excluding hydrogens is 366 g/mol. The third kappa shape index (κ3) is 3.47. The topological polar surface area (TPSA) is 72.2 Å². The van der Waals surface area contributed by atoms with Gasteiger partial charge in [-0.25, -0.2) is 9.50 Å². The van der Waals surface area contributed by atoms with Gasteiger partial charge in [-0.1, -0.05) is 12.1 Å². The van der Waals surface area contributed by atoms with Crippen molar-refractivity contribution in [1.29, 1.82) is 0 Å². The standard InChI is InChI=1S/C18H15N5OS2/c1-12-6-8-19-18-21-16(22-23(12)18)17(24)20-14-4-2-3-5-15(14)26-11-13-7-9-25-10-13/h2-10H,11H2,1H3,(H,20,24). The maximum Gasteiger partial charge on any atom is 0.295 e. The molecule has 0 fully saturated rings. The Bertz CT molecular complexity index is 1060. The number of hydrogen-bond acceptors (Lipinski definition) is 6. The number of carbonyl (C=O) groups excluding carboxylic acids is 1. The first-order valence-corrected chi connectivity index (χ1v) is 9.86. The number of fused-ring (bicyclic) bond motifs is 1. The molecule has 4 aromatic rings. The van der Waals surface area contributed by atoms with Crippen molar-refractivity contribution in [2.75, 3.05) is 5.32 Å². The van der Waals surface area contributed by atoms with Gasteiger partial charge in [0.15, 0.2) is 0 Å². The molecule has 0 spiro atoms. The molecule has 6 nitrogen and oxygen atoms in total. The van der Waals surface area contributed by atoms with Crippen molar-refractivity contribution in [3.63, 3.8) is 0 Å². The normalized spacial score (nSPS) is 11.0. The molecule has 1 amide bonds. The lowest BCUT2D eigenvalue weighted by atomic mass is 10.3.